The van der Waals surface area contributed by atoms with Crippen molar-refractivity contribution in [1.82, 2.24) is 9.88 Å². The molecule has 0 unspecified atom stereocenters. The van der Waals surface area contributed by atoms with Crippen LogP contribution in [0.1, 0.15) is 24.1 Å². The van der Waals surface area contributed by atoms with Crippen molar-refractivity contribution in [3.63, 3.8) is 0 Å². The summed E-state index contributed by atoms with van der Waals surface area (Å²) in [5.41, 5.74) is 8.88. The Labute approximate surface area is 113 Å². The first-order chi connectivity index (χ1) is 9.13. The van der Waals surface area contributed by atoms with E-state index >= 15 is 0 Å². The third kappa shape index (κ3) is 2.96. The summed E-state index contributed by atoms with van der Waals surface area (Å²) in [7, 11) is 1.85. The summed E-state index contributed by atoms with van der Waals surface area (Å²) in [5.74, 6) is 0.148. The Hall–Kier alpha value is -1.81. The Morgan fingerprint density at radius 1 is 1.37 bits per heavy atom. The molecule has 2 aromatic rings. The quantitative estimate of drug-likeness (QED) is 0.864. The van der Waals surface area contributed by atoms with E-state index < -0.39 is 0 Å². The van der Waals surface area contributed by atoms with E-state index in [4.69, 9.17) is 5.73 Å². The molecule has 0 saturated heterocycles. The minimum Gasteiger partial charge on any atom is -0.358 e. The second-order valence-corrected chi connectivity index (χ2v) is 4.92. The number of hydrogen-bond donors (Lipinski definition) is 2. The third-order valence-electron chi connectivity index (χ3n) is 3.44. The number of hydrogen-bond acceptors (Lipinski definition) is 2. The van der Waals surface area contributed by atoms with Gasteiger partial charge in [-0.25, -0.2) is 0 Å². The molecule has 4 heteroatoms. The number of aromatic amines is 1. The SMILES string of the molecule is Cc1[nH]c2ccccc2c1CN(C)C(=O)CCCN. The number of carbonyl (C=O) groups is 1. The first kappa shape index (κ1) is 13.6. The Bertz CT molecular complexity index is 574. The van der Waals surface area contributed by atoms with Gasteiger partial charge in [0.2, 0.25) is 5.91 Å². The van der Waals surface area contributed by atoms with Crippen LogP contribution in [0.15, 0.2) is 24.3 Å². The summed E-state index contributed by atoms with van der Waals surface area (Å²) in [6, 6.07) is 8.18. The zero-order valence-electron chi connectivity index (χ0n) is 11.6. The van der Waals surface area contributed by atoms with Crippen molar-refractivity contribution >= 4 is 16.8 Å². The predicted octanol–water partition coefficient (Wildman–Crippen LogP) is 2.17. The maximum absolute atomic E-state index is 11.9. The fourth-order valence-electron chi connectivity index (χ4n) is 2.31. The number of aromatic nitrogens is 1. The lowest BCUT2D eigenvalue weighted by Gasteiger charge is -2.17. The van der Waals surface area contributed by atoms with Gasteiger partial charge in [0.25, 0.3) is 0 Å². The zero-order valence-corrected chi connectivity index (χ0v) is 11.6. The van der Waals surface area contributed by atoms with Crippen LogP contribution in [-0.4, -0.2) is 29.4 Å². The summed E-state index contributed by atoms with van der Waals surface area (Å²) in [6.07, 6.45) is 1.27. The number of nitrogens with one attached hydrogen (secondary N) is 1. The lowest BCUT2D eigenvalue weighted by Crippen LogP contribution is -2.26. The molecule has 0 aliphatic heterocycles. The van der Waals surface area contributed by atoms with Crippen molar-refractivity contribution in [3.8, 4) is 0 Å². The Morgan fingerprint density at radius 2 is 2.11 bits per heavy atom. The molecule has 0 radical (unpaired) electrons. The molecule has 0 fully saturated rings. The second-order valence-electron chi connectivity index (χ2n) is 4.92. The summed E-state index contributed by atoms with van der Waals surface area (Å²) in [4.78, 5) is 17.1. The molecular formula is C15H21N3O. The Balaban J connectivity index is 2.16. The average molecular weight is 259 g/mol. The average Bonchev–Trinajstić information content (AvgIpc) is 2.72. The van der Waals surface area contributed by atoms with Crippen molar-refractivity contribution in [2.75, 3.05) is 13.6 Å². The molecule has 0 aliphatic rings. The summed E-state index contributed by atoms with van der Waals surface area (Å²) in [5, 5.41) is 1.19. The number of benzene rings is 1. The number of H-pyrrole nitrogens is 1. The number of para-hydroxylation sites is 1. The van der Waals surface area contributed by atoms with Gasteiger partial charge in [-0.3, -0.25) is 4.79 Å². The molecule has 1 aromatic heterocycles. The third-order valence-corrected chi connectivity index (χ3v) is 3.44. The molecular weight excluding hydrogens is 238 g/mol. The number of fused-ring (bicyclic) bond motifs is 1. The first-order valence-electron chi connectivity index (χ1n) is 6.63. The smallest absolute Gasteiger partial charge is 0.222 e. The van der Waals surface area contributed by atoms with E-state index in [0.717, 1.165) is 17.6 Å². The number of rotatable bonds is 5. The van der Waals surface area contributed by atoms with Gasteiger partial charge in [-0.2, -0.15) is 0 Å². The highest BCUT2D eigenvalue weighted by atomic mass is 16.2. The van der Waals surface area contributed by atoms with Gasteiger partial charge in [-0.1, -0.05) is 18.2 Å². The first-order valence-corrected chi connectivity index (χ1v) is 6.63. The van der Waals surface area contributed by atoms with Gasteiger partial charge in [-0.15, -0.1) is 0 Å². The molecule has 1 heterocycles. The molecule has 0 saturated carbocycles. The maximum atomic E-state index is 11.9. The van der Waals surface area contributed by atoms with Crippen LogP contribution in [-0.2, 0) is 11.3 Å². The Kier molecular flexibility index (Phi) is 4.22. The van der Waals surface area contributed by atoms with E-state index in [1.165, 1.54) is 10.9 Å². The van der Waals surface area contributed by atoms with Crippen molar-refractivity contribution < 1.29 is 4.79 Å². The molecule has 0 spiro atoms. The van der Waals surface area contributed by atoms with Gasteiger partial charge in [0.05, 0.1) is 0 Å². The van der Waals surface area contributed by atoms with E-state index in [0.29, 0.717) is 19.5 Å². The van der Waals surface area contributed by atoms with Gasteiger partial charge in [-0.05, 0) is 31.5 Å². The molecule has 19 heavy (non-hydrogen) atoms. The van der Waals surface area contributed by atoms with Crippen LogP contribution in [0.25, 0.3) is 10.9 Å². The van der Waals surface area contributed by atoms with Crippen LogP contribution in [0.2, 0.25) is 0 Å². The summed E-state index contributed by atoms with van der Waals surface area (Å²) < 4.78 is 0. The van der Waals surface area contributed by atoms with Crippen LogP contribution < -0.4 is 5.73 Å². The van der Waals surface area contributed by atoms with E-state index in [9.17, 15) is 4.79 Å². The van der Waals surface area contributed by atoms with Crippen LogP contribution >= 0.6 is 0 Å². The minimum absolute atomic E-state index is 0.148. The topological polar surface area (TPSA) is 62.1 Å². The van der Waals surface area contributed by atoms with Crippen molar-refractivity contribution in [2.24, 2.45) is 5.73 Å². The molecule has 1 aromatic carbocycles. The molecule has 0 bridgehead atoms. The molecule has 4 nitrogen and oxygen atoms in total. The molecule has 0 aliphatic carbocycles. The lowest BCUT2D eigenvalue weighted by atomic mass is 10.1. The normalized spacial score (nSPS) is 10.9. The number of nitrogens with two attached hydrogens (primary N) is 1. The molecule has 0 atom stereocenters. The van der Waals surface area contributed by atoms with Gasteiger partial charge in [0.15, 0.2) is 0 Å². The fourth-order valence-corrected chi connectivity index (χ4v) is 2.31. The predicted molar refractivity (Wildman–Crippen MR) is 77.8 cm³/mol. The highest BCUT2D eigenvalue weighted by Gasteiger charge is 2.13. The number of carbonyl (C=O) groups excluding carboxylic acids is 1. The highest BCUT2D eigenvalue weighted by Crippen LogP contribution is 2.23. The standard InChI is InChI=1S/C15H21N3O/c1-11-13(10-18(2)15(19)8-5-9-16)12-6-3-4-7-14(12)17-11/h3-4,6-7,17H,5,8-10,16H2,1-2H3. The van der Waals surface area contributed by atoms with Gasteiger partial charge in [0, 0.05) is 36.6 Å². The van der Waals surface area contributed by atoms with E-state index in [1.807, 2.05) is 26.1 Å². The van der Waals surface area contributed by atoms with Crippen LogP contribution in [0.3, 0.4) is 0 Å². The molecule has 2 rings (SSSR count). The van der Waals surface area contributed by atoms with E-state index in [-0.39, 0.29) is 5.91 Å². The second kappa shape index (κ2) is 5.89. The molecule has 102 valence electrons. The van der Waals surface area contributed by atoms with Crippen molar-refractivity contribution in [3.05, 3.63) is 35.5 Å². The largest absolute Gasteiger partial charge is 0.358 e. The van der Waals surface area contributed by atoms with Gasteiger partial charge >= 0.3 is 0 Å². The van der Waals surface area contributed by atoms with Crippen LogP contribution in [0, 0.1) is 6.92 Å². The number of amides is 1. The summed E-state index contributed by atoms with van der Waals surface area (Å²) >= 11 is 0. The number of nitrogens with zero attached hydrogens (tertiary/aromatic N) is 1. The minimum atomic E-state index is 0.148. The fraction of sp³-hybridized carbons (Fsp3) is 0.400. The monoisotopic (exact) mass is 259 g/mol. The lowest BCUT2D eigenvalue weighted by molar-refractivity contribution is -0.130. The zero-order chi connectivity index (χ0) is 13.8. The highest BCUT2D eigenvalue weighted by molar-refractivity contribution is 5.85. The van der Waals surface area contributed by atoms with E-state index in [1.54, 1.807) is 4.90 Å². The summed E-state index contributed by atoms with van der Waals surface area (Å²) in [6.45, 7) is 3.25. The number of aryl methyl sites for hydroxylation is 1. The van der Waals surface area contributed by atoms with Crippen molar-refractivity contribution in [1.29, 1.82) is 0 Å². The molecule has 1 amide bonds. The van der Waals surface area contributed by atoms with Crippen LogP contribution in [0.4, 0.5) is 0 Å². The maximum Gasteiger partial charge on any atom is 0.222 e. The van der Waals surface area contributed by atoms with E-state index in [2.05, 4.69) is 17.1 Å². The van der Waals surface area contributed by atoms with Crippen molar-refractivity contribution in [2.45, 2.75) is 26.3 Å². The Morgan fingerprint density at radius 3 is 2.84 bits per heavy atom. The van der Waals surface area contributed by atoms with Gasteiger partial charge < -0.3 is 15.6 Å². The van der Waals surface area contributed by atoms with Gasteiger partial charge in [0.1, 0.15) is 0 Å². The van der Waals surface area contributed by atoms with Crippen LogP contribution in [0.5, 0.6) is 0 Å². The molecule has 3 N–H and O–H groups in total.